The molecule has 0 heterocycles. The van der Waals surface area contributed by atoms with Crippen molar-refractivity contribution in [2.45, 2.75) is 84.0 Å². The van der Waals surface area contributed by atoms with Crippen LogP contribution in [-0.2, 0) is 4.79 Å². The minimum atomic E-state index is -0.427. The first-order chi connectivity index (χ1) is 11.8. The van der Waals surface area contributed by atoms with Crippen molar-refractivity contribution >= 4 is 5.91 Å². The van der Waals surface area contributed by atoms with Crippen LogP contribution >= 0.6 is 0 Å². The summed E-state index contributed by atoms with van der Waals surface area (Å²) in [5.41, 5.74) is 1.70. The first-order valence-electron chi connectivity index (χ1n) is 10.1. The molecule has 0 bridgehead atoms. The van der Waals surface area contributed by atoms with Gasteiger partial charge in [-0.25, -0.2) is 0 Å². The van der Waals surface area contributed by atoms with E-state index in [2.05, 4.69) is 25.2 Å². The molecule has 140 valence electrons. The highest BCUT2D eigenvalue weighted by molar-refractivity contribution is 5.73. The van der Waals surface area contributed by atoms with Crippen LogP contribution in [0, 0.1) is 28.6 Å². The molecule has 0 spiro atoms. The van der Waals surface area contributed by atoms with Gasteiger partial charge in [-0.3, -0.25) is 4.79 Å². The number of rotatable bonds is 1. The molecule has 4 aliphatic carbocycles. The first kappa shape index (κ1) is 17.5. The van der Waals surface area contributed by atoms with Crippen LogP contribution in [0.1, 0.15) is 65.7 Å². The standard InChI is InChI=1S/C21H33NO3/c1-12(23)22-19-18(25)11-17-15-5-4-13-10-14(24)6-8-20(13,2)16(15)7-9-21(17,19)3/h4,14-19,24-25H,5-11H2,1-3H3,(H,22,23)/t14-,15+,16-,17+,18+,19+,20-,21-/m0/s1. The van der Waals surface area contributed by atoms with Gasteiger partial charge in [0, 0.05) is 6.92 Å². The van der Waals surface area contributed by atoms with E-state index in [-0.39, 0.29) is 28.9 Å². The van der Waals surface area contributed by atoms with E-state index in [1.54, 1.807) is 6.92 Å². The van der Waals surface area contributed by atoms with Crippen molar-refractivity contribution in [3.8, 4) is 0 Å². The van der Waals surface area contributed by atoms with Gasteiger partial charge in [0.2, 0.25) is 5.91 Å². The smallest absolute Gasteiger partial charge is 0.217 e. The van der Waals surface area contributed by atoms with Crippen LogP contribution in [-0.4, -0.2) is 34.4 Å². The molecule has 3 fully saturated rings. The molecule has 0 aromatic rings. The molecule has 1 amide bonds. The number of nitrogens with one attached hydrogen (secondary N) is 1. The molecule has 0 radical (unpaired) electrons. The highest BCUT2D eigenvalue weighted by Gasteiger charge is 2.61. The van der Waals surface area contributed by atoms with Gasteiger partial charge in [0.25, 0.3) is 0 Å². The molecule has 3 saturated carbocycles. The van der Waals surface area contributed by atoms with E-state index in [4.69, 9.17) is 0 Å². The van der Waals surface area contributed by atoms with Gasteiger partial charge < -0.3 is 15.5 Å². The lowest BCUT2D eigenvalue weighted by Gasteiger charge is -2.57. The number of carbonyl (C=O) groups is 1. The summed E-state index contributed by atoms with van der Waals surface area (Å²) in [7, 11) is 0. The Labute approximate surface area is 151 Å². The Morgan fingerprint density at radius 3 is 2.68 bits per heavy atom. The van der Waals surface area contributed by atoms with E-state index in [1.165, 1.54) is 12.0 Å². The Balaban J connectivity index is 1.64. The fourth-order valence-corrected chi connectivity index (χ4v) is 7.14. The second-order valence-electron chi connectivity index (χ2n) is 9.68. The molecule has 0 aliphatic heterocycles. The number of carbonyl (C=O) groups excluding carboxylic acids is 1. The Morgan fingerprint density at radius 1 is 1.20 bits per heavy atom. The van der Waals surface area contributed by atoms with Gasteiger partial charge in [-0.05, 0) is 73.5 Å². The number of allylic oxidation sites excluding steroid dienone is 1. The van der Waals surface area contributed by atoms with Gasteiger partial charge in [-0.2, -0.15) is 0 Å². The van der Waals surface area contributed by atoms with Crippen LogP contribution in [0.3, 0.4) is 0 Å². The molecule has 4 heteroatoms. The summed E-state index contributed by atoms with van der Waals surface area (Å²) in [4.78, 5) is 11.7. The van der Waals surface area contributed by atoms with Crippen molar-refractivity contribution in [1.29, 1.82) is 0 Å². The minimum Gasteiger partial charge on any atom is -0.393 e. The van der Waals surface area contributed by atoms with E-state index in [0.29, 0.717) is 17.8 Å². The predicted molar refractivity (Wildman–Crippen MR) is 96.7 cm³/mol. The third kappa shape index (κ3) is 2.51. The molecule has 8 atom stereocenters. The lowest BCUT2D eigenvalue weighted by Crippen LogP contribution is -2.55. The average molecular weight is 347 g/mol. The molecule has 25 heavy (non-hydrogen) atoms. The number of hydrogen-bond acceptors (Lipinski definition) is 3. The second kappa shape index (κ2) is 5.82. The fourth-order valence-electron chi connectivity index (χ4n) is 7.14. The Morgan fingerprint density at radius 2 is 1.96 bits per heavy atom. The Kier molecular flexibility index (Phi) is 4.08. The molecule has 4 nitrogen and oxygen atoms in total. The van der Waals surface area contributed by atoms with Crippen LogP contribution in [0.2, 0.25) is 0 Å². The summed E-state index contributed by atoms with van der Waals surface area (Å²) in [5, 5.41) is 23.8. The zero-order valence-electron chi connectivity index (χ0n) is 15.8. The van der Waals surface area contributed by atoms with Gasteiger partial charge in [0.1, 0.15) is 0 Å². The Bertz CT molecular complexity index is 602. The van der Waals surface area contributed by atoms with Crippen LogP contribution in [0.15, 0.2) is 11.6 Å². The number of fused-ring (bicyclic) bond motifs is 5. The van der Waals surface area contributed by atoms with Crippen molar-refractivity contribution in [3.05, 3.63) is 11.6 Å². The molecule has 4 rings (SSSR count). The van der Waals surface area contributed by atoms with E-state index < -0.39 is 6.10 Å². The topological polar surface area (TPSA) is 69.6 Å². The number of amides is 1. The monoisotopic (exact) mass is 347 g/mol. The number of aliphatic hydroxyl groups is 2. The number of hydrogen-bond donors (Lipinski definition) is 3. The SMILES string of the molecule is CC(=O)N[C@@H]1[C@H](O)C[C@@H]2[C@@H]3CC=C4C[C@@H](O)CC[C@]4(C)[C@H]3CC[C@@]21C. The van der Waals surface area contributed by atoms with E-state index in [0.717, 1.165) is 38.5 Å². The van der Waals surface area contributed by atoms with Gasteiger partial charge in [-0.1, -0.05) is 25.5 Å². The summed E-state index contributed by atoms with van der Waals surface area (Å²) in [6.45, 7) is 6.26. The van der Waals surface area contributed by atoms with Gasteiger partial charge in [0.15, 0.2) is 0 Å². The van der Waals surface area contributed by atoms with Crippen LogP contribution in [0.4, 0.5) is 0 Å². The molecular weight excluding hydrogens is 314 g/mol. The van der Waals surface area contributed by atoms with Gasteiger partial charge >= 0.3 is 0 Å². The highest BCUT2D eigenvalue weighted by Crippen LogP contribution is 2.64. The zero-order chi connectivity index (χ0) is 18.0. The first-order valence-corrected chi connectivity index (χ1v) is 10.1. The molecule has 0 unspecified atom stereocenters. The normalized spacial score (nSPS) is 51.8. The lowest BCUT2D eigenvalue weighted by atomic mass is 9.48. The maximum atomic E-state index is 11.7. The van der Waals surface area contributed by atoms with Crippen LogP contribution < -0.4 is 5.32 Å². The van der Waals surface area contributed by atoms with Crippen molar-refractivity contribution in [3.63, 3.8) is 0 Å². The molecule has 3 N–H and O–H groups in total. The molecule has 0 saturated heterocycles. The summed E-state index contributed by atoms with van der Waals surface area (Å²) in [6, 6.07) is -0.109. The summed E-state index contributed by atoms with van der Waals surface area (Å²) >= 11 is 0. The quantitative estimate of drug-likeness (QED) is 0.639. The summed E-state index contributed by atoms with van der Waals surface area (Å²) < 4.78 is 0. The molecule has 4 aliphatic rings. The van der Waals surface area contributed by atoms with Gasteiger partial charge in [-0.15, -0.1) is 0 Å². The maximum Gasteiger partial charge on any atom is 0.217 e. The summed E-state index contributed by atoms with van der Waals surface area (Å²) in [6.07, 6.45) is 8.79. The van der Waals surface area contributed by atoms with E-state index in [9.17, 15) is 15.0 Å². The van der Waals surface area contributed by atoms with Crippen molar-refractivity contribution < 1.29 is 15.0 Å². The third-order valence-electron chi connectivity index (χ3n) is 8.46. The molecular formula is C21H33NO3. The van der Waals surface area contributed by atoms with E-state index >= 15 is 0 Å². The second-order valence-corrected chi connectivity index (χ2v) is 9.68. The lowest BCUT2D eigenvalue weighted by molar-refractivity contribution is -0.122. The predicted octanol–water partition coefficient (Wildman–Crippen LogP) is 2.79. The van der Waals surface area contributed by atoms with Crippen molar-refractivity contribution in [1.82, 2.24) is 5.32 Å². The molecule has 0 aromatic heterocycles. The zero-order valence-corrected chi connectivity index (χ0v) is 15.8. The van der Waals surface area contributed by atoms with Crippen LogP contribution in [0.5, 0.6) is 0 Å². The summed E-state index contributed by atoms with van der Waals surface area (Å²) in [5.74, 6) is 1.68. The average Bonchev–Trinajstić information content (AvgIpc) is 2.79. The Hall–Kier alpha value is -0.870. The van der Waals surface area contributed by atoms with Crippen LogP contribution in [0.25, 0.3) is 0 Å². The van der Waals surface area contributed by atoms with E-state index in [1.807, 2.05) is 0 Å². The third-order valence-corrected chi connectivity index (χ3v) is 8.46. The van der Waals surface area contributed by atoms with Gasteiger partial charge in [0.05, 0.1) is 18.2 Å². The molecule has 0 aromatic carbocycles. The van der Waals surface area contributed by atoms with Crippen molar-refractivity contribution in [2.75, 3.05) is 0 Å². The maximum absolute atomic E-state index is 11.7. The minimum absolute atomic E-state index is 0.00212. The highest BCUT2D eigenvalue weighted by atomic mass is 16.3. The van der Waals surface area contributed by atoms with Crippen molar-refractivity contribution in [2.24, 2.45) is 28.6 Å². The fraction of sp³-hybridized carbons (Fsp3) is 0.857. The largest absolute Gasteiger partial charge is 0.393 e. The number of aliphatic hydroxyl groups excluding tert-OH is 2.